The lowest BCUT2D eigenvalue weighted by Gasteiger charge is -2.26. The van der Waals surface area contributed by atoms with Gasteiger partial charge in [-0.1, -0.05) is 36.8 Å². The number of hydrogen-bond donors (Lipinski definition) is 1. The fourth-order valence-electron chi connectivity index (χ4n) is 4.55. The minimum atomic E-state index is -2.69. The predicted molar refractivity (Wildman–Crippen MR) is 130 cm³/mol. The molecule has 0 atom stereocenters. The van der Waals surface area contributed by atoms with Gasteiger partial charge in [-0.3, -0.25) is 19.6 Å². The number of carbonyl (C=O) groups is 1. The van der Waals surface area contributed by atoms with Gasteiger partial charge in [-0.15, -0.1) is 0 Å². The van der Waals surface area contributed by atoms with E-state index in [0.717, 1.165) is 31.3 Å². The van der Waals surface area contributed by atoms with E-state index in [1.807, 2.05) is 18.2 Å². The van der Waals surface area contributed by atoms with Crippen LogP contribution in [0.25, 0.3) is 16.7 Å². The summed E-state index contributed by atoms with van der Waals surface area (Å²) in [5, 5.41) is 2.70. The number of amides is 1. The van der Waals surface area contributed by atoms with Crippen molar-refractivity contribution in [2.45, 2.75) is 32.2 Å². The van der Waals surface area contributed by atoms with Gasteiger partial charge >= 0.3 is 0 Å². The molecule has 0 bridgehead atoms. The Kier molecular flexibility index (Phi) is 6.55. The minimum Gasteiger partial charge on any atom is -0.299 e. The third-order valence-electron chi connectivity index (χ3n) is 6.29. The van der Waals surface area contributed by atoms with Crippen molar-refractivity contribution in [3.8, 4) is 5.69 Å². The standard InChI is InChI=1S/C27H25F3N4O/c28-21-9-2-3-10-23(21)34-24-12-11-18(17-33-13-4-1-5-14-33)15-22(24)31-27(34)32-26(35)20-8-6-7-19(16-20)25(29)30/h2-3,6-12,15-16,25H,1,4-5,13-14,17H2,(H,31,32,35). The Labute approximate surface area is 201 Å². The van der Waals surface area contributed by atoms with Gasteiger partial charge in [-0.2, -0.15) is 0 Å². The third kappa shape index (κ3) is 4.93. The van der Waals surface area contributed by atoms with Crippen molar-refractivity contribution in [1.82, 2.24) is 14.5 Å². The summed E-state index contributed by atoms with van der Waals surface area (Å²) >= 11 is 0. The average molecular weight is 479 g/mol. The third-order valence-corrected chi connectivity index (χ3v) is 6.29. The maximum atomic E-state index is 14.8. The molecule has 5 nitrogen and oxygen atoms in total. The van der Waals surface area contributed by atoms with Crippen LogP contribution >= 0.6 is 0 Å². The molecule has 1 amide bonds. The van der Waals surface area contributed by atoms with E-state index in [-0.39, 0.29) is 22.8 Å². The number of nitrogens with one attached hydrogen (secondary N) is 1. The molecule has 1 aliphatic rings. The molecule has 3 aromatic carbocycles. The first-order valence-corrected chi connectivity index (χ1v) is 11.7. The topological polar surface area (TPSA) is 50.2 Å². The van der Waals surface area contributed by atoms with Crippen LogP contribution in [0.1, 0.15) is 47.2 Å². The second-order valence-electron chi connectivity index (χ2n) is 8.76. The summed E-state index contributed by atoms with van der Waals surface area (Å²) < 4.78 is 42.6. The molecule has 1 saturated heterocycles. The summed E-state index contributed by atoms with van der Waals surface area (Å²) in [5.74, 6) is -0.957. The Morgan fingerprint density at radius 3 is 2.54 bits per heavy atom. The summed E-state index contributed by atoms with van der Waals surface area (Å²) in [6.07, 6.45) is 0.940. The quantitative estimate of drug-likeness (QED) is 0.352. The van der Waals surface area contributed by atoms with Gasteiger partial charge in [0.05, 0.1) is 16.7 Å². The number of piperidine rings is 1. The number of hydrogen-bond acceptors (Lipinski definition) is 3. The molecule has 0 aliphatic carbocycles. The second-order valence-corrected chi connectivity index (χ2v) is 8.76. The number of imidazole rings is 1. The van der Waals surface area contributed by atoms with Crippen molar-refractivity contribution in [2.24, 2.45) is 0 Å². The molecule has 1 N–H and O–H groups in total. The Morgan fingerprint density at radius 2 is 1.77 bits per heavy atom. The second kappa shape index (κ2) is 9.92. The number of fused-ring (bicyclic) bond motifs is 1. The van der Waals surface area contributed by atoms with Gasteiger partial charge in [0.2, 0.25) is 5.95 Å². The zero-order valence-corrected chi connectivity index (χ0v) is 19.1. The predicted octanol–water partition coefficient (Wildman–Crippen LogP) is 6.34. The highest BCUT2D eigenvalue weighted by Gasteiger charge is 2.20. The van der Waals surface area contributed by atoms with Crippen LogP contribution in [-0.2, 0) is 6.54 Å². The summed E-state index contributed by atoms with van der Waals surface area (Å²) in [6, 6.07) is 17.3. The van der Waals surface area contributed by atoms with E-state index in [9.17, 15) is 18.0 Å². The fourth-order valence-corrected chi connectivity index (χ4v) is 4.55. The zero-order valence-electron chi connectivity index (χ0n) is 19.1. The van der Waals surface area contributed by atoms with Crippen LogP contribution in [0.5, 0.6) is 0 Å². The van der Waals surface area contributed by atoms with Crippen molar-refractivity contribution in [3.05, 3.63) is 89.2 Å². The molecule has 1 aromatic heterocycles. The van der Waals surface area contributed by atoms with Crippen molar-refractivity contribution in [2.75, 3.05) is 18.4 Å². The molecule has 0 spiro atoms. The number of aromatic nitrogens is 2. The molecule has 1 aliphatic heterocycles. The normalized spacial score (nSPS) is 14.5. The largest absolute Gasteiger partial charge is 0.299 e. The number of carbonyl (C=O) groups excluding carboxylic acids is 1. The molecule has 35 heavy (non-hydrogen) atoms. The van der Waals surface area contributed by atoms with Gasteiger partial charge in [0, 0.05) is 17.7 Å². The van der Waals surface area contributed by atoms with E-state index in [0.29, 0.717) is 11.0 Å². The van der Waals surface area contributed by atoms with Crippen LogP contribution in [0.15, 0.2) is 66.7 Å². The van der Waals surface area contributed by atoms with Crippen LogP contribution in [0.2, 0.25) is 0 Å². The van der Waals surface area contributed by atoms with E-state index in [4.69, 9.17) is 0 Å². The monoisotopic (exact) mass is 478 g/mol. The smallest absolute Gasteiger partial charge is 0.263 e. The lowest BCUT2D eigenvalue weighted by atomic mass is 10.1. The average Bonchev–Trinajstić information content (AvgIpc) is 3.21. The molecule has 1 fully saturated rings. The summed E-state index contributed by atoms with van der Waals surface area (Å²) in [5.41, 5.74) is 2.38. The number of anilines is 1. The van der Waals surface area contributed by atoms with Gasteiger partial charge in [0.25, 0.3) is 12.3 Å². The van der Waals surface area contributed by atoms with E-state index in [1.165, 1.54) is 43.5 Å². The van der Waals surface area contributed by atoms with Crippen LogP contribution in [0.4, 0.5) is 19.1 Å². The number of nitrogens with zero attached hydrogens (tertiary/aromatic N) is 3. The minimum absolute atomic E-state index is 0.0701. The van der Waals surface area contributed by atoms with E-state index in [2.05, 4.69) is 15.2 Å². The number of para-hydroxylation sites is 1. The maximum absolute atomic E-state index is 14.8. The Bertz CT molecular complexity index is 1360. The number of rotatable bonds is 6. The highest BCUT2D eigenvalue weighted by Crippen LogP contribution is 2.28. The lowest BCUT2D eigenvalue weighted by Crippen LogP contribution is -2.29. The van der Waals surface area contributed by atoms with Crippen LogP contribution in [0, 0.1) is 5.82 Å². The molecule has 4 aromatic rings. The number of alkyl halides is 2. The molecule has 2 heterocycles. The van der Waals surface area contributed by atoms with Gasteiger partial charge in [0.1, 0.15) is 5.82 Å². The van der Waals surface area contributed by atoms with E-state index >= 15 is 0 Å². The highest BCUT2D eigenvalue weighted by molar-refractivity contribution is 6.04. The molecule has 5 rings (SSSR count). The van der Waals surface area contributed by atoms with Gasteiger partial charge in [-0.25, -0.2) is 18.2 Å². The number of benzene rings is 3. The Hall–Kier alpha value is -3.65. The first-order valence-electron chi connectivity index (χ1n) is 11.7. The molecule has 0 unspecified atom stereocenters. The number of halogens is 3. The molecular formula is C27H25F3N4O. The molecule has 8 heteroatoms. The van der Waals surface area contributed by atoms with Gasteiger partial charge in [-0.05, 0) is 67.9 Å². The van der Waals surface area contributed by atoms with E-state index < -0.39 is 18.1 Å². The summed E-state index contributed by atoms with van der Waals surface area (Å²) in [6.45, 7) is 2.91. The Balaban J connectivity index is 1.53. The summed E-state index contributed by atoms with van der Waals surface area (Å²) in [7, 11) is 0. The first-order chi connectivity index (χ1) is 17.0. The van der Waals surface area contributed by atoms with Crippen LogP contribution in [-0.4, -0.2) is 33.4 Å². The molecule has 0 saturated carbocycles. The fraction of sp³-hybridized carbons (Fsp3) is 0.259. The lowest BCUT2D eigenvalue weighted by molar-refractivity contribution is 0.102. The van der Waals surface area contributed by atoms with Gasteiger partial charge < -0.3 is 0 Å². The zero-order chi connectivity index (χ0) is 24.4. The van der Waals surface area contributed by atoms with Crippen molar-refractivity contribution in [1.29, 1.82) is 0 Å². The first kappa shape index (κ1) is 23.1. The Morgan fingerprint density at radius 1 is 0.971 bits per heavy atom. The molecule has 0 radical (unpaired) electrons. The maximum Gasteiger partial charge on any atom is 0.263 e. The highest BCUT2D eigenvalue weighted by atomic mass is 19.3. The van der Waals surface area contributed by atoms with Crippen molar-refractivity contribution >= 4 is 22.9 Å². The molecule has 180 valence electrons. The number of likely N-dealkylation sites (tertiary alicyclic amines) is 1. The van der Waals surface area contributed by atoms with Gasteiger partial charge in [0.15, 0.2) is 0 Å². The van der Waals surface area contributed by atoms with Crippen LogP contribution < -0.4 is 5.32 Å². The SMILES string of the molecule is O=C(Nc1nc2cc(CN3CCCCC3)ccc2n1-c1ccccc1F)c1cccc(C(F)F)c1. The van der Waals surface area contributed by atoms with E-state index in [1.54, 1.807) is 22.8 Å². The van der Waals surface area contributed by atoms with Crippen molar-refractivity contribution < 1.29 is 18.0 Å². The van der Waals surface area contributed by atoms with Crippen LogP contribution in [0.3, 0.4) is 0 Å². The summed E-state index contributed by atoms with van der Waals surface area (Å²) in [4.78, 5) is 20.0. The van der Waals surface area contributed by atoms with Crippen molar-refractivity contribution in [3.63, 3.8) is 0 Å². The molecular weight excluding hydrogens is 453 g/mol.